The minimum atomic E-state index is -0.301. The van der Waals surface area contributed by atoms with Crippen LogP contribution in [0.15, 0.2) is 35.4 Å². The molecule has 1 N–H and O–H groups in total. The smallest absolute Gasteiger partial charge is 0.237 e. The van der Waals surface area contributed by atoms with Crippen LogP contribution in [0.25, 0.3) is 0 Å². The van der Waals surface area contributed by atoms with Crippen LogP contribution in [0, 0.1) is 25.2 Å². The second-order valence-electron chi connectivity index (χ2n) is 6.64. The summed E-state index contributed by atoms with van der Waals surface area (Å²) in [5.74, 6) is -0.0513. The van der Waals surface area contributed by atoms with Gasteiger partial charge in [-0.05, 0) is 56.4 Å². The summed E-state index contributed by atoms with van der Waals surface area (Å²) in [5.41, 5.74) is 4.45. The van der Waals surface area contributed by atoms with Gasteiger partial charge in [-0.1, -0.05) is 50.2 Å². The average Bonchev–Trinajstić information content (AvgIpc) is 2.67. The Morgan fingerprint density at radius 3 is 2.52 bits per heavy atom. The number of pyridine rings is 1. The Morgan fingerprint density at radius 1 is 1.22 bits per heavy atom. The Morgan fingerprint density at radius 2 is 1.93 bits per heavy atom. The Kier molecular flexibility index (Phi) is 7.87. The predicted octanol–water partition coefficient (Wildman–Crippen LogP) is 5.42. The maximum Gasteiger partial charge on any atom is 0.237 e. The predicted molar refractivity (Wildman–Crippen MR) is 112 cm³/mol. The van der Waals surface area contributed by atoms with Crippen molar-refractivity contribution in [2.75, 3.05) is 5.32 Å². The van der Waals surface area contributed by atoms with E-state index in [1.54, 1.807) is 0 Å². The van der Waals surface area contributed by atoms with Gasteiger partial charge in [0, 0.05) is 11.4 Å². The molecule has 5 heteroatoms. The lowest BCUT2D eigenvalue weighted by atomic mass is 10.1. The number of aryl methyl sites for hydroxylation is 3. The van der Waals surface area contributed by atoms with E-state index in [1.165, 1.54) is 11.8 Å². The number of aromatic nitrogens is 1. The van der Waals surface area contributed by atoms with Crippen molar-refractivity contribution < 1.29 is 4.79 Å². The molecule has 1 unspecified atom stereocenters. The fourth-order valence-electron chi connectivity index (χ4n) is 2.82. The number of para-hydroxylation sites is 1. The largest absolute Gasteiger partial charge is 0.325 e. The summed E-state index contributed by atoms with van der Waals surface area (Å²) in [7, 11) is 0. The summed E-state index contributed by atoms with van der Waals surface area (Å²) in [5, 5.41) is 12.8. The minimum Gasteiger partial charge on any atom is -0.325 e. The van der Waals surface area contributed by atoms with Gasteiger partial charge in [0.15, 0.2) is 0 Å². The van der Waals surface area contributed by atoms with Gasteiger partial charge < -0.3 is 5.32 Å². The molecule has 4 nitrogen and oxygen atoms in total. The van der Waals surface area contributed by atoms with Crippen molar-refractivity contribution in [3.63, 3.8) is 0 Å². The van der Waals surface area contributed by atoms with Crippen molar-refractivity contribution >= 4 is 23.4 Å². The summed E-state index contributed by atoms with van der Waals surface area (Å²) in [4.78, 5) is 17.5. The fraction of sp³-hybridized carbons (Fsp3) is 0.409. The molecule has 1 atom stereocenters. The number of unbranched alkanes of at least 4 members (excludes halogenated alkanes) is 1. The fourth-order valence-corrected chi connectivity index (χ4v) is 3.84. The maximum atomic E-state index is 12.9. The summed E-state index contributed by atoms with van der Waals surface area (Å²) >= 11 is 1.38. The first kappa shape index (κ1) is 21.0. The van der Waals surface area contributed by atoms with Gasteiger partial charge in [0.05, 0.1) is 10.8 Å². The number of nitrogens with one attached hydrogen (secondary N) is 1. The highest BCUT2D eigenvalue weighted by Gasteiger charge is 2.22. The van der Waals surface area contributed by atoms with Crippen molar-refractivity contribution in [1.29, 1.82) is 5.26 Å². The van der Waals surface area contributed by atoms with E-state index in [9.17, 15) is 10.1 Å². The molecule has 0 spiro atoms. The van der Waals surface area contributed by atoms with Crippen LogP contribution in [0.3, 0.4) is 0 Å². The van der Waals surface area contributed by atoms with E-state index >= 15 is 0 Å². The molecule has 1 aromatic carbocycles. The molecule has 1 heterocycles. The number of nitriles is 1. The molecule has 0 bridgehead atoms. The highest BCUT2D eigenvalue weighted by Crippen LogP contribution is 2.29. The SMILES string of the molecule is CCCCc1ccc(C#N)c(SC(CC)C(=O)Nc2c(C)cccc2C)n1. The van der Waals surface area contributed by atoms with Gasteiger partial charge in [0.25, 0.3) is 0 Å². The minimum absolute atomic E-state index is 0.0513. The molecule has 2 rings (SSSR count). The van der Waals surface area contributed by atoms with Crippen LogP contribution >= 0.6 is 11.8 Å². The van der Waals surface area contributed by atoms with Gasteiger partial charge in [-0.3, -0.25) is 4.79 Å². The number of benzene rings is 1. The number of thioether (sulfide) groups is 1. The Balaban J connectivity index is 2.20. The third kappa shape index (κ3) is 5.58. The van der Waals surface area contributed by atoms with Crippen molar-refractivity contribution in [3.05, 3.63) is 52.7 Å². The second kappa shape index (κ2) is 10.1. The lowest BCUT2D eigenvalue weighted by molar-refractivity contribution is -0.115. The van der Waals surface area contributed by atoms with Gasteiger partial charge in [-0.25, -0.2) is 4.98 Å². The zero-order chi connectivity index (χ0) is 19.8. The van der Waals surface area contributed by atoms with Gasteiger partial charge in [0.1, 0.15) is 11.1 Å². The summed E-state index contributed by atoms with van der Waals surface area (Å²) in [6.45, 7) is 8.10. The molecule has 0 radical (unpaired) electrons. The topological polar surface area (TPSA) is 65.8 Å². The molecule has 0 saturated heterocycles. The van der Waals surface area contributed by atoms with E-state index in [4.69, 9.17) is 0 Å². The van der Waals surface area contributed by atoms with Crippen molar-refractivity contribution in [2.24, 2.45) is 0 Å². The van der Waals surface area contributed by atoms with Crippen LogP contribution in [0.5, 0.6) is 0 Å². The lowest BCUT2D eigenvalue weighted by Gasteiger charge is -2.17. The quantitative estimate of drug-likeness (QED) is 0.620. The van der Waals surface area contributed by atoms with Gasteiger partial charge in [-0.15, -0.1) is 0 Å². The molecule has 0 saturated carbocycles. The zero-order valence-electron chi connectivity index (χ0n) is 16.5. The number of rotatable bonds is 8. The van der Waals surface area contributed by atoms with E-state index in [-0.39, 0.29) is 11.2 Å². The molecule has 142 valence electrons. The number of amides is 1. The van der Waals surface area contributed by atoms with Crippen molar-refractivity contribution in [1.82, 2.24) is 4.98 Å². The normalized spacial score (nSPS) is 11.7. The van der Waals surface area contributed by atoms with Crippen LogP contribution in [0.4, 0.5) is 5.69 Å². The molecule has 0 aliphatic heterocycles. The summed E-state index contributed by atoms with van der Waals surface area (Å²) in [6, 6.07) is 11.9. The van der Waals surface area contributed by atoms with Crippen LogP contribution in [-0.2, 0) is 11.2 Å². The van der Waals surface area contributed by atoms with Crippen LogP contribution in [-0.4, -0.2) is 16.1 Å². The van der Waals surface area contributed by atoms with E-state index < -0.39 is 0 Å². The summed E-state index contributed by atoms with van der Waals surface area (Å²) in [6.07, 6.45) is 3.71. The Labute approximate surface area is 166 Å². The summed E-state index contributed by atoms with van der Waals surface area (Å²) < 4.78 is 0. The van der Waals surface area contributed by atoms with E-state index in [1.807, 2.05) is 51.1 Å². The number of anilines is 1. The van der Waals surface area contributed by atoms with Crippen molar-refractivity contribution in [2.45, 2.75) is 63.7 Å². The Bertz CT molecular complexity index is 822. The standard InChI is InChI=1S/C22H27N3OS/c1-5-7-11-18-13-12-17(14-23)22(24-18)27-19(6-2)21(26)25-20-15(3)9-8-10-16(20)4/h8-10,12-13,19H,5-7,11H2,1-4H3,(H,25,26). The number of carbonyl (C=O) groups excluding carboxylic acids is 1. The van der Waals surface area contributed by atoms with E-state index in [0.717, 1.165) is 41.8 Å². The van der Waals surface area contributed by atoms with Crippen molar-refractivity contribution in [3.8, 4) is 6.07 Å². The molecular formula is C22H27N3OS. The van der Waals surface area contributed by atoms with E-state index in [2.05, 4.69) is 23.3 Å². The number of hydrogen-bond donors (Lipinski definition) is 1. The lowest BCUT2D eigenvalue weighted by Crippen LogP contribution is -2.25. The highest BCUT2D eigenvalue weighted by molar-refractivity contribution is 8.00. The maximum absolute atomic E-state index is 12.9. The molecule has 1 aromatic heterocycles. The average molecular weight is 382 g/mol. The first-order valence-corrected chi connectivity index (χ1v) is 10.3. The van der Waals surface area contributed by atoms with Gasteiger partial charge in [0.2, 0.25) is 5.91 Å². The van der Waals surface area contributed by atoms with Crippen LogP contribution in [0.2, 0.25) is 0 Å². The molecule has 2 aromatic rings. The monoisotopic (exact) mass is 381 g/mol. The van der Waals surface area contributed by atoms with Gasteiger partial charge in [-0.2, -0.15) is 5.26 Å². The molecule has 0 aliphatic rings. The van der Waals surface area contributed by atoms with Gasteiger partial charge >= 0.3 is 0 Å². The molecular weight excluding hydrogens is 354 g/mol. The van der Waals surface area contributed by atoms with E-state index in [0.29, 0.717) is 17.0 Å². The molecule has 27 heavy (non-hydrogen) atoms. The van der Waals surface area contributed by atoms with Crippen LogP contribution in [0.1, 0.15) is 55.5 Å². The zero-order valence-corrected chi connectivity index (χ0v) is 17.3. The molecule has 1 amide bonds. The number of carbonyl (C=O) groups is 1. The number of hydrogen-bond acceptors (Lipinski definition) is 4. The first-order chi connectivity index (χ1) is 13.0. The van der Waals surface area contributed by atoms with Crippen LogP contribution < -0.4 is 5.32 Å². The Hall–Kier alpha value is -2.32. The highest BCUT2D eigenvalue weighted by atomic mass is 32.2. The third-order valence-electron chi connectivity index (χ3n) is 4.47. The third-order valence-corrected chi connectivity index (χ3v) is 5.84. The second-order valence-corrected chi connectivity index (χ2v) is 7.83. The number of nitrogens with zero attached hydrogens (tertiary/aromatic N) is 2. The molecule has 0 fully saturated rings. The first-order valence-electron chi connectivity index (χ1n) is 9.43. The molecule has 0 aliphatic carbocycles.